The Hall–Kier alpha value is -2.55. The van der Waals surface area contributed by atoms with Crippen LogP contribution in [0.15, 0.2) is 60.9 Å². The summed E-state index contributed by atoms with van der Waals surface area (Å²) < 4.78 is 4.15. The van der Waals surface area contributed by atoms with E-state index in [4.69, 9.17) is 5.10 Å². The van der Waals surface area contributed by atoms with E-state index in [1.54, 1.807) is 0 Å². The summed E-state index contributed by atoms with van der Waals surface area (Å²) in [5.41, 5.74) is 5.61. The van der Waals surface area contributed by atoms with Crippen LogP contribution in [0.25, 0.3) is 22.3 Å². The first-order valence-corrected chi connectivity index (χ1v) is 6.34. The Balaban J connectivity index is 2.08. The molecule has 4 aromatic rings. The quantitative estimate of drug-likeness (QED) is 0.504. The van der Waals surface area contributed by atoms with Crippen LogP contribution in [0, 0.1) is 6.92 Å². The molecule has 0 bridgehead atoms. The molecule has 0 amide bonds. The van der Waals surface area contributed by atoms with Crippen molar-refractivity contribution in [1.29, 1.82) is 0 Å². The van der Waals surface area contributed by atoms with Gasteiger partial charge in [0.05, 0.1) is 22.4 Å². The first-order valence-electron chi connectivity index (χ1n) is 6.34. The topological polar surface area (TPSA) is 21.7 Å². The van der Waals surface area contributed by atoms with Crippen LogP contribution in [0.1, 0.15) is 5.69 Å². The highest BCUT2D eigenvalue weighted by molar-refractivity contribution is 5.80. The SMILES string of the molecule is Cc1cn2cccc2c2cc(-c3ccccc3)nn12. The fraction of sp³-hybridized carbons (Fsp3) is 0.0625. The summed E-state index contributed by atoms with van der Waals surface area (Å²) >= 11 is 0. The molecule has 0 unspecified atom stereocenters. The van der Waals surface area contributed by atoms with Gasteiger partial charge in [-0.15, -0.1) is 0 Å². The van der Waals surface area contributed by atoms with Crippen molar-refractivity contribution in [2.45, 2.75) is 6.92 Å². The van der Waals surface area contributed by atoms with E-state index in [1.165, 1.54) is 5.52 Å². The van der Waals surface area contributed by atoms with Gasteiger partial charge in [0.15, 0.2) is 0 Å². The van der Waals surface area contributed by atoms with Gasteiger partial charge >= 0.3 is 0 Å². The van der Waals surface area contributed by atoms with E-state index in [-0.39, 0.29) is 0 Å². The van der Waals surface area contributed by atoms with Gasteiger partial charge in [-0.05, 0) is 25.1 Å². The summed E-state index contributed by atoms with van der Waals surface area (Å²) in [7, 11) is 0. The lowest BCUT2D eigenvalue weighted by Crippen LogP contribution is -1.97. The van der Waals surface area contributed by atoms with Crippen molar-refractivity contribution in [2.75, 3.05) is 0 Å². The molecule has 0 aliphatic rings. The highest BCUT2D eigenvalue weighted by Crippen LogP contribution is 2.23. The fourth-order valence-corrected chi connectivity index (χ4v) is 2.56. The zero-order valence-corrected chi connectivity index (χ0v) is 10.6. The van der Waals surface area contributed by atoms with Gasteiger partial charge < -0.3 is 4.40 Å². The van der Waals surface area contributed by atoms with Crippen LogP contribution in [0.3, 0.4) is 0 Å². The summed E-state index contributed by atoms with van der Waals surface area (Å²) in [5.74, 6) is 0. The fourth-order valence-electron chi connectivity index (χ4n) is 2.56. The largest absolute Gasteiger partial charge is 0.320 e. The molecule has 3 aromatic heterocycles. The normalized spacial score (nSPS) is 11.4. The molecule has 0 N–H and O–H groups in total. The summed E-state index contributed by atoms with van der Waals surface area (Å²) in [6.07, 6.45) is 4.17. The number of nitrogens with zero attached hydrogens (tertiary/aromatic N) is 3. The van der Waals surface area contributed by atoms with Gasteiger partial charge in [-0.25, -0.2) is 4.52 Å². The molecular formula is C16H13N3. The molecule has 92 valence electrons. The van der Waals surface area contributed by atoms with Crippen molar-refractivity contribution in [3.63, 3.8) is 0 Å². The molecule has 3 heterocycles. The second-order valence-electron chi connectivity index (χ2n) is 4.76. The van der Waals surface area contributed by atoms with E-state index >= 15 is 0 Å². The van der Waals surface area contributed by atoms with E-state index in [1.807, 2.05) is 22.7 Å². The Bertz CT molecular complexity index is 869. The van der Waals surface area contributed by atoms with Crippen molar-refractivity contribution >= 4 is 11.0 Å². The molecular weight excluding hydrogens is 234 g/mol. The molecule has 0 radical (unpaired) electrons. The van der Waals surface area contributed by atoms with Crippen LogP contribution < -0.4 is 0 Å². The third-order valence-electron chi connectivity index (χ3n) is 3.48. The molecule has 1 aromatic carbocycles. The van der Waals surface area contributed by atoms with E-state index in [9.17, 15) is 0 Å². The van der Waals surface area contributed by atoms with Gasteiger partial charge in [-0.1, -0.05) is 30.3 Å². The smallest absolute Gasteiger partial charge is 0.0934 e. The number of aryl methyl sites for hydroxylation is 1. The number of aromatic nitrogens is 3. The van der Waals surface area contributed by atoms with Gasteiger partial charge in [-0.3, -0.25) is 0 Å². The lowest BCUT2D eigenvalue weighted by atomic mass is 10.1. The van der Waals surface area contributed by atoms with Crippen molar-refractivity contribution in [1.82, 2.24) is 14.0 Å². The van der Waals surface area contributed by atoms with Crippen LogP contribution in [-0.4, -0.2) is 14.0 Å². The zero-order chi connectivity index (χ0) is 12.8. The van der Waals surface area contributed by atoms with Crippen LogP contribution in [0.4, 0.5) is 0 Å². The average Bonchev–Trinajstić information content (AvgIpc) is 3.05. The van der Waals surface area contributed by atoms with Gasteiger partial charge in [-0.2, -0.15) is 5.10 Å². The Morgan fingerprint density at radius 3 is 2.63 bits per heavy atom. The molecule has 0 fully saturated rings. The number of rotatable bonds is 1. The molecule has 0 saturated heterocycles. The van der Waals surface area contributed by atoms with Crippen molar-refractivity contribution < 1.29 is 0 Å². The second kappa shape index (κ2) is 3.72. The van der Waals surface area contributed by atoms with Gasteiger partial charge in [0.25, 0.3) is 0 Å². The van der Waals surface area contributed by atoms with Crippen molar-refractivity contribution in [3.05, 3.63) is 66.6 Å². The minimum atomic E-state index is 1.01. The van der Waals surface area contributed by atoms with E-state index in [2.05, 4.69) is 54.0 Å². The van der Waals surface area contributed by atoms with Crippen LogP contribution >= 0.6 is 0 Å². The maximum Gasteiger partial charge on any atom is 0.0934 e. The number of hydrogen-bond donors (Lipinski definition) is 0. The molecule has 0 saturated carbocycles. The summed E-state index contributed by atoms with van der Waals surface area (Å²) in [6, 6.07) is 16.6. The average molecular weight is 247 g/mol. The van der Waals surface area contributed by atoms with Crippen molar-refractivity contribution in [2.24, 2.45) is 0 Å². The molecule has 3 nitrogen and oxygen atoms in total. The maximum atomic E-state index is 4.72. The number of fused-ring (bicyclic) bond motifs is 3. The van der Waals surface area contributed by atoms with Crippen LogP contribution in [0.2, 0.25) is 0 Å². The highest BCUT2D eigenvalue weighted by Gasteiger charge is 2.09. The molecule has 3 heteroatoms. The summed E-state index contributed by atoms with van der Waals surface area (Å²) in [4.78, 5) is 0. The first-order chi connectivity index (χ1) is 9.33. The Kier molecular flexibility index (Phi) is 2.03. The van der Waals surface area contributed by atoms with Gasteiger partial charge in [0.2, 0.25) is 0 Å². The van der Waals surface area contributed by atoms with E-state index < -0.39 is 0 Å². The third kappa shape index (κ3) is 1.48. The number of hydrogen-bond acceptors (Lipinski definition) is 1. The lowest BCUT2D eigenvalue weighted by molar-refractivity contribution is 0.898. The maximum absolute atomic E-state index is 4.72. The molecule has 4 rings (SSSR count). The summed E-state index contributed by atoms with van der Waals surface area (Å²) in [5, 5.41) is 4.72. The predicted molar refractivity (Wildman–Crippen MR) is 76.3 cm³/mol. The molecule has 0 aliphatic carbocycles. The second-order valence-corrected chi connectivity index (χ2v) is 4.76. The molecule has 0 spiro atoms. The predicted octanol–water partition coefficient (Wildman–Crippen LogP) is 3.56. The Labute approximate surface area is 110 Å². The Morgan fingerprint density at radius 1 is 0.947 bits per heavy atom. The van der Waals surface area contributed by atoms with E-state index in [0.29, 0.717) is 0 Å². The Morgan fingerprint density at radius 2 is 1.79 bits per heavy atom. The van der Waals surface area contributed by atoms with Gasteiger partial charge in [0.1, 0.15) is 0 Å². The standard InChI is InChI=1S/C16H13N3/c1-12-11-18-9-5-8-15(18)16-10-14(17-19(12)16)13-6-3-2-4-7-13/h2-11H,1H3. The zero-order valence-electron chi connectivity index (χ0n) is 10.6. The minimum absolute atomic E-state index is 1.01. The van der Waals surface area contributed by atoms with Crippen molar-refractivity contribution in [3.8, 4) is 11.3 Å². The minimum Gasteiger partial charge on any atom is -0.320 e. The molecule has 0 atom stereocenters. The van der Waals surface area contributed by atoms with Crippen LogP contribution in [0.5, 0.6) is 0 Å². The lowest BCUT2D eigenvalue weighted by Gasteiger charge is -2.02. The van der Waals surface area contributed by atoms with Gasteiger partial charge in [0, 0.05) is 18.0 Å². The summed E-state index contributed by atoms with van der Waals surface area (Å²) in [6.45, 7) is 2.08. The number of benzene rings is 1. The first kappa shape index (κ1) is 10.4. The van der Waals surface area contributed by atoms with Crippen LogP contribution in [-0.2, 0) is 0 Å². The highest BCUT2D eigenvalue weighted by atomic mass is 15.2. The third-order valence-corrected chi connectivity index (χ3v) is 3.48. The molecule has 0 aliphatic heterocycles. The van der Waals surface area contributed by atoms with E-state index in [0.717, 1.165) is 22.5 Å². The monoisotopic (exact) mass is 247 g/mol. The molecule has 19 heavy (non-hydrogen) atoms.